The van der Waals surface area contributed by atoms with Crippen molar-refractivity contribution in [2.75, 3.05) is 45.2 Å². The summed E-state index contributed by atoms with van der Waals surface area (Å²) in [6, 6.07) is 25.1. The van der Waals surface area contributed by atoms with Gasteiger partial charge in [0.05, 0.1) is 5.92 Å². The number of hydrogen-bond acceptors (Lipinski definition) is 5. The van der Waals surface area contributed by atoms with E-state index in [-0.39, 0.29) is 46.1 Å². The van der Waals surface area contributed by atoms with Crippen LogP contribution in [0, 0.1) is 18.8 Å². The quantitative estimate of drug-likeness (QED) is 0.273. The summed E-state index contributed by atoms with van der Waals surface area (Å²) in [6.07, 6.45) is 11.7. The minimum absolute atomic E-state index is 0. The first-order valence-electron chi connectivity index (χ1n) is 14.5. The van der Waals surface area contributed by atoms with Gasteiger partial charge in [-0.05, 0) is 84.8 Å². The number of anilines is 1. The number of hydrogen-bond donors (Lipinski definition) is 1. The molecule has 0 radical (unpaired) electrons. The van der Waals surface area contributed by atoms with E-state index in [2.05, 4.69) is 83.7 Å². The minimum atomic E-state index is -0.298. The van der Waals surface area contributed by atoms with E-state index in [0.717, 1.165) is 36.6 Å². The van der Waals surface area contributed by atoms with Crippen LogP contribution in [0.1, 0.15) is 30.4 Å². The van der Waals surface area contributed by atoms with Crippen molar-refractivity contribution in [3.63, 3.8) is 0 Å². The summed E-state index contributed by atoms with van der Waals surface area (Å²) < 4.78 is 7.28. The molecule has 46 heavy (non-hydrogen) atoms. The Morgan fingerprint density at radius 3 is 2.22 bits per heavy atom. The van der Waals surface area contributed by atoms with Crippen LogP contribution in [-0.2, 0) is 16.0 Å². The number of nitrogens with one attached hydrogen (secondary N) is 1. The molecule has 3 aromatic carbocycles. The van der Waals surface area contributed by atoms with Gasteiger partial charge in [-0.15, -0.1) is 24.2 Å². The number of rotatable bonds is 9. The fraction of sp³-hybridized carbons (Fsp3) is 0.314. The van der Waals surface area contributed by atoms with E-state index in [9.17, 15) is 9.59 Å². The second kappa shape index (κ2) is 18.6. The smallest absolute Gasteiger partial charge is 0.229 e. The lowest BCUT2D eigenvalue weighted by atomic mass is 9.99. The Labute approximate surface area is 274 Å². The highest BCUT2D eigenvalue weighted by Gasteiger charge is 2.32. The molecule has 4 aromatic rings. The van der Waals surface area contributed by atoms with E-state index in [1.807, 2.05) is 12.1 Å². The molecule has 6 rings (SSSR count). The van der Waals surface area contributed by atoms with Gasteiger partial charge in [0.1, 0.15) is 12.4 Å². The van der Waals surface area contributed by atoms with Crippen molar-refractivity contribution in [2.24, 2.45) is 5.92 Å². The van der Waals surface area contributed by atoms with Gasteiger partial charge in [0.25, 0.3) is 0 Å². The average Bonchev–Trinajstić information content (AvgIpc) is 3.75. The summed E-state index contributed by atoms with van der Waals surface area (Å²) in [5.41, 5.74) is 4.44. The largest absolute Gasteiger partial charge is 0.492 e. The molecule has 11 heteroatoms. The molecule has 10 nitrogen and oxygen atoms in total. The van der Waals surface area contributed by atoms with Crippen molar-refractivity contribution >= 4 is 38.9 Å². The van der Waals surface area contributed by atoms with Gasteiger partial charge >= 0.3 is 0 Å². The number of ether oxygens (including phenoxy) is 1. The second-order valence-corrected chi connectivity index (χ2v) is 11.9. The molecule has 1 unspecified atom stereocenters. The number of terminal acetylenes is 1. The third-order valence-electron chi connectivity index (χ3n) is 8.00. The zero-order chi connectivity index (χ0) is 29.5. The lowest BCUT2D eigenvalue weighted by Gasteiger charge is -2.15. The number of carbonyl (C=O) groups excluding carboxylic acids is 2. The van der Waals surface area contributed by atoms with Crippen molar-refractivity contribution in [1.82, 2.24) is 9.80 Å². The lowest BCUT2D eigenvalue weighted by Crippen LogP contribution is -2.25. The maximum Gasteiger partial charge on any atom is 0.229 e. The molecule has 1 aromatic heterocycles. The Bertz CT molecular complexity index is 1550. The first-order valence-corrected chi connectivity index (χ1v) is 15.3. The fourth-order valence-corrected chi connectivity index (χ4v) is 6.93. The van der Waals surface area contributed by atoms with Gasteiger partial charge in [0, 0.05) is 41.8 Å². The number of likely N-dealkylation sites (tertiary alicyclic amines) is 2. The van der Waals surface area contributed by atoms with E-state index in [0.29, 0.717) is 6.54 Å². The fourth-order valence-electron chi connectivity index (χ4n) is 5.70. The highest BCUT2D eigenvalue weighted by Crippen LogP contribution is 2.40. The van der Waals surface area contributed by atoms with Gasteiger partial charge in [-0.3, -0.25) is 14.5 Å². The molecule has 2 aliphatic rings. The molecule has 2 saturated heterocycles. The van der Waals surface area contributed by atoms with E-state index >= 15 is 0 Å². The van der Waals surface area contributed by atoms with Crippen LogP contribution in [0.3, 0.4) is 0 Å². The second-order valence-electron chi connectivity index (χ2n) is 10.9. The highest BCUT2D eigenvalue weighted by molar-refractivity contribution is 7.22. The summed E-state index contributed by atoms with van der Waals surface area (Å²) in [5, 5.41) is 4.27. The Balaban J connectivity index is 0.00000173. The van der Waals surface area contributed by atoms with Gasteiger partial charge in [-0.2, -0.15) is 0 Å². The number of amides is 2. The molecule has 1 atom stereocenters. The van der Waals surface area contributed by atoms with Gasteiger partial charge in [-0.25, -0.2) is 0 Å². The summed E-state index contributed by atoms with van der Waals surface area (Å²) in [6.45, 7) is 4.57. The van der Waals surface area contributed by atoms with Gasteiger partial charge in [0.2, 0.25) is 11.8 Å². The molecule has 2 amide bonds. The molecule has 2 fully saturated rings. The van der Waals surface area contributed by atoms with Gasteiger partial charge in [0.15, 0.2) is 0 Å². The number of carbonyl (C=O) groups is 2. The monoisotopic (exact) mass is 651 g/mol. The van der Waals surface area contributed by atoms with Crippen LogP contribution in [0.25, 0.3) is 20.5 Å². The predicted molar refractivity (Wildman–Crippen MR) is 186 cm³/mol. The van der Waals surface area contributed by atoms with Crippen LogP contribution in [-0.4, -0.2) is 83.4 Å². The number of benzene rings is 3. The zero-order valence-corrected chi connectivity index (χ0v) is 26.9. The molecule has 0 saturated carbocycles. The molecule has 9 N–H and O–H groups in total. The SMILES string of the molecule is C#C.CN1CC(C(=O)Nc2ccc(-c3sc4ccccc4c3Cc3ccc(OCCN4CCCC4)cc3)cc2)CC1=O.O.O.O.O. The first-order chi connectivity index (χ1) is 20.5. The van der Waals surface area contributed by atoms with Crippen molar-refractivity contribution in [3.05, 3.63) is 83.9 Å². The van der Waals surface area contributed by atoms with Crippen LogP contribution >= 0.6 is 11.3 Å². The van der Waals surface area contributed by atoms with Crippen molar-refractivity contribution in [3.8, 4) is 29.0 Å². The highest BCUT2D eigenvalue weighted by atomic mass is 32.1. The van der Waals surface area contributed by atoms with Crippen molar-refractivity contribution in [1.29, 1.82) is 0 Å². The normalized spacial score (nSPS) is 15.3. The number of nitrogens with zero attached hydrogens (tertiary/aromatic N) is 2. The lowest BCUT2D eigenvalue weighted by molar-refractivity contribution is -0.127. The summed E-state index contributed by atoms with van der Waals surface area (Å²) in [5.74, 6) is 0.543. The third kappa shape index (κ3) is 9.37. The Kier molecular flexibility index (Phi) is 16.1. The minimum Gasteiger partial charge on any atom is -0.492 e. The van der Waals surface area contributed by atoms with E-state index < -0.39 is 0 Å². The van der Waals surface area contributed by atoms with Gasteiger partial charge in [-0.1, -0.05) is 42.5 Å². The van der Waals surface area contributed by atoms with Crippen LogP contribution < -0.4 is 10.1 Å². The third-order valence-corrected chi connectivity index (χ3v) is 9.27. The number of fused-ring (bicyclic) bond motifs is 1. The van der Waals surface area contributed by atoms with E-state index in [1.54, 1.807) is 23.3 Å². The van der Waals surface area contributed by atoms with Crippen molar-refractivity contribution in [2.45, 2.75) is 25.7 Å². The van der Waals surface area contributed by atoms with Crippen LogP contribution in [0.15, 0.2) is 72.8 Å². The average molecular weight is 652 g/mol. The molecular formula is C35H45N3O7S. The molecule has 0 aliphatic carbocycles. The predicted octanol–water partition coefficient (Wildman–Crippen LogP) is 3.00. The van der Waals surface area contributed by atoms with Gasteiger partial charge < -0.3 is 36.9 Å². The van der Waals surface area contributed by atoms with Crippen LogP contribution in [0.4, 0.5) is 5.69 Å². The first kappa shape index (κ1) is 39.7. The molecule has 3 heterocycles. The van der Waals surface area contributed by atoms with Crippen molar-refractivity contribution < 1.29 is 36.2 Å². The summed E-state index contributed by atoms with van der Waals surface area (Å²) in [4.78, 5) is 29.8. The van der Waals surface area contributed by atoms with E-state index in [4.69, 9.17) is 4.74 Å². The molecule has 0 spiro atoms. The summed E-state index contributed by atoms with van der Waals surface area (Å²) >= 11 is 1.80. The maximum atomic E-state index is 12.7. The zero-order valence-electron chi connectivity index (χ0n) is 26.1. The molecule has 248 valence electrons. The van der Waals surface area contributed by atoms with E-state index in [1.165, 1.54) is 52.0 Å². The van der Waals surface area contributed by atoms with Crippen LogP contribution in [0.2, 0.25) is 0 Å². The number of thiophene rings is 1. The van der Waals surface area contributed by atoms with Crippen LogP contribution in [0.5, 0.6) is 5.75 Å². The topological polar surface area (TPSA) is 188 Å². The Morgan fingerprint density at radius 1 is 0.935 bits per heavy atom. The maximum absolute atomic E-state index is 12.7. The molecular weight excluding hydrogens is 606 g/mol. The summed E-state index contributed by atoms with van der Waals surface area (Å²) in [7, 11) is 1.74. The Hall–Kier alpha value is -4.28. The Morgan fingerprint density at radius 2 is 1.59 bits per heavy atom. The standard InChI is InChI=1S/C33H35N3O3S.C2H2.4H2O/c1-35-22-25(21-31(35)37)33(38)34-26-12-10-24(11-13-26)32-29(28-6-2-3-7-30(28)40-32)20-23-8-14-27(15-9-23)39-19-18-36-16-4-5-17-36;1-2;;;;/h2-3,6-15,25H,4-5,16-22H2,1H3,(H,34,38);1-2H;4*1H2. The molecule has 2 aliphatic heterocycles. The molecule has 0 bridgehead atoms.